The predicted molar refractivity (Wildman–Crippen MR) is 200 cm³/mol. The maximum absolute atomic E-state index is 12.5. The molecule has 4 aliphatic heterocycles. The number of ether oxygens (including phenoxy) is 4. The highest BCUT2D eigenvalue weighted by Crippen LogP contribution is 2.51. The van der Waals surface area contributed by atoms with Gasteiger partial charge in [-0.15, -0.1) is 11.8 Å². The normalized spacial score (nSPS) is 42.1. The van der Waals surface area contributed by atoms with Crippen molar-refractivity contribution in [2.24, 2.45) is 22.9 Å². The van der Waals surface area contributed by atoms with Crippen molar-refractivity contribution in [2.75, 3.05) is 13.2 Å². The molecule has 59 heavy (non-hydrogen) atoms. The van der Waals surface area contributed by atoms with Gasteiger partial charge in [0.05, 0.1) is 12.6 Å². The van der Waals surface area contributed by atoms with Crippen molar-refractivity contribution in [3.8, 4) is 0 Å². The van der Waals surface area contributed by atoms with Crippen molar-refractivity contribution < 1.29 is 84.1 Å². The number of nitrogens with zero attached hydrogens (tertiary/aromatic N) is 1. The SMILES string of the molecule is CC1(C)S[C@@H]2[C@H](NC(=O)C(C(=O)O)c3ccccc3)C(=O)N2[C@H]1C(=O)O.NC[C@H]1O[C@H](O[C@H]2[C@H](O)[C@@H](O[C@H]3O[C@H](CO)[C@@H](O)[C@H](N)[C@H]3O)[C@H](N)C[C@@H]2N)[C@H](O)[C@@H](O)[C@@H]1O. The third-order valence-electron chi connectivity index (χ3n) is 11.1. The summed E-state index contributed by atoms with van der Waals surface area (Å²) in [6.45, 7) is 2.69. The van der Waals surface area contributed by atoms with Crippen molar-refractivity contribution >= 4 is 35.5 Å². The van der Waals surface area contributed by atoms with Gasteiger partial charge in [0.25, 0.3) is 0 Å². The van der Waals surface area contributed by atoms with E-state index in [2.05, 4.69) is 5.32 Å². The number of amides is 2. The van der Waals surface area contributed by atoms with Gasteiger partial charge < -0.3 is 98.1 Å². The Balaban J connectivity index is 0.000000230. The minimum absolute atomic E-state index is 0.0849. The Kier molecular flexibility index (Phi) is 15.0. The number of carbonyl (C=O) groups excluding carboxylic acids is 2. The molecule has 4 saturated heterocycles. The third-order valence-corrected chi connectivity index (χ3v) is 12.7. The first-order valence-electron chi connectivity index (χ1n) is 18.8. The summed E-state index contributed by atoms with van der Waals surface area (Å²) in [5.74, 6) is -5.16. The monoisotopic (exact) mass is 862 g/mol. The summed E-state index contributed by atoms with van der Waals surface area (Å²) in [5, 5.41) is 91.7. The van der Waals surface area contributed by atoms with Crippen LogP contribution in [-0.4, -0.2) is 202 Å². The number of hydrogen-bond acceptors (Lipinski definition) is 20. The molecule has 2 amide bonds. The Morgan fingerprint density at radius 3 is 1.95 bits per heavy atom. The van der Waals surface area contributed by atoms with Gasteiger partial charge in [0.2, 0.25) is 11.8 Å². The number of thioether (sulfide) groups is 1. The zero-order valence-corrected chi connectivity index (χ0v) is 32.7. The van der Waals surface area contributed by atoms with E-state index in [1.807, 2.05) is 0 Å². The number of fused-ring (bicyclic) bond motifs is 1. The van der Waals surface area contributed by atoms with Gasteiger partial charge in [-0.05, 0) is 25.8 Å². The lowest BCUT2D eigenvalue weighted by Crippen LogP contribution is -2.71. The van der Waals surface area contributed by atoms with Gasteiger partial charge in [-0.3, -0.25) is 14.4 Å². The number of β-lactam (4-membered cyclic amide) rings is 1. The second-order valence-corrected chi connectivity index (χ2v) is 17.3. The van der Waals surface area contributed by atoms with Gasteiger partial charge in [0.15, 0.2) is 18.5 Å². The van der Waals surface area contributed by atoms with Gasteiger partial charge in [0.1, 0.15) is 78.5 Å². The van der Waals surface area contributed by atoms with E-state index in [9.17, 15) is 65.1 Å². The Hall–Kier alpha value is -3.15. The molecule has 0 aromatic heterocycles. The van der Waals surface area contributed by atoms with Crippen LogP contribution in [0.4, 0.5) is 0 Å². The van der Waals surface area contributed by atoms with Crippen LogP contribution in [-0.2, 0) is 38.1 Å². The number of aliphatic carboxylic acids is 2. The minimum Gasteiger partial charge on any atom is -0.480 e. The molecule has 18 N–H and O–H groups in total. The molecule has 5 aliphatic rings. The zero-order chi connectivity index (χ0) is 43.8. The van der Waals surface area contributed by atoms with E-state index in [1.54, 1.807) is 32.0 Å². The van der Waals surface area contributed by atoms with Crippen LogP contribution >= 0.6 is 11.8 Å². The lowest BCUT2D eigenvalue weighted by molar-refractivity contribution is -0.332. The Morgan fingerprint density at radius 2 is 1.42 bits per heavy atom. The van der Waals surface area contributed by atoms with Gasteiger partial charge >= 0.3 is 11.9 Å². The molecule has 0 radical (unpaired) electrons. The van der Waals surface area contributed by atoms with E-state index in [0.29, 0.717) is 5.56 Å². The highest BCUT2D eigenvalue weighted by atomic mass is 32.2. The van der Waals surface area contributed by atoms with E-state index in [1.165, 1.54) is 28.8 Å². The zero-order valence-electron chi connectivity index (χ0n) is 31.9. The molecule has 1 unspecified atom stereocenters. The van der Waals surface area contributed by atoms with Gasteiger partial charge in [-0.1, -0.05) is 30.3 Å². The number of nitrogens with one attached hydrogen (secondary N) is 1. The predicted octanol–water partition coefficient (Wildman–Crippen LogP) is -6.80. The summed E-state index contributed by atoms with van der Waals surface area (Å²) in [6.07, 6.45) is -16.5. The molecule has 19 atom stereocenters. The molecule has 1 aromatic carbocycles. The number of carboxylic acid groups (broad SMARTS) is 2. The van der Waals surface area contributed by atoms with E-state index in [4.69, 9.17) is 41.9 Å². The topological polar surface area (TPSA) is 407 Å². The van der Waals surface area contributed by atoms with Gasteiger partial charge in [-0.25, -0.2) is 4.79 Å². The number of aliphatic hydroxyl groups excluding tert-OH is 7. The summed E-state index contributed by atoms with van der Waals surface area (Å²) in [5.41, 5.74) is 23.8. The average molecular weight is 863 g/mol. The Labute approximate surface area is 341 Å². The molecule has 1 aromatic rings. The Bertz CT molecular complexity index is 1600. The van der Waals surface area contributed by atoms with Crippen LogP contribution < -0.4 is 28.3 Å². The molecule has 1 saturated carbocycles. The minimum atomic E-state index is -1.66. The number of nitrogens with two attached hydrogens (primary N) is 4. The largest absolute Gasteiger partial charge is 0.480 e. The van der Waals surface area contributed by atoms with Crippen LogP contribution in [0.1, 0.15) is 31.7 Å². The van der Waals surface area contributed by atoms with Crippen molar-refractivity contribution in [3.63, 3.8) is 0 Å². The lowest BCUT2D eigenvalue weighted by Gasteiger charge is -2.48. The van der Waals surface area contributed by atoms with Crippen LogP contribution in [0, 0.1) is 0 Å². The third kappa shape index (κ3) is 9.37. The first kappa shape index (κ1) is 46.9. The number of aliphatic hydroxyl groups is 7. The smallest absolute Gasteiger partial charge is 0.327 e. The van der Waals surface area contributed by atoms with E-state index >= 15 is 0 Å². The van der Waals surface area contributed by atoms with Crippen LogP contribution in [0.25, 0.3) is 0 Å². The van der Waals surface area contributed by atoms with Crippen molar-refractivity contribution in [2.45, 2.75) is 140 Å². The fourth-order valence-electron chi connectivity index (χ4n) is 7.83. The Morgan fingerprint density at radius 1 is 0.864 bits per heavy atom. The number of benzene rings is 1. The molecule has 5 fully saturated rings. The summed E-state index contributed by atoms with van der Waals surface area (Å²) >= 11 is 1.29. The number of carbonyl (C=O) groups is 4. The standard InChI is InChI=1S/C18H36N4O11.C17H18N2O6S/c19-2-6-10(25)12(27)13(28)18(30-6)33-16-5(21)1-4(20)15(14(16)29)32-17-11(26)8(22)9(24)7(3-23)31-17;1-17(2)11(16(24)25)19-13(21)10(14(19)26-17)18-12(20)9(15(22)23)8-6-4-3-5-7-8/h4-18,23-29H,1-3,19-22H2;3-7,9-11,14H,1-2H3,(H,18,20)(H,22,23)(H,24,25)/t4-,5+,6-,7-,8+,9-,10-,11-,12+,13-,14-,15+,16-,17-,18-;9?,10-,11+,14-/m11/s1. The first-order valence-corrected chi connectivity index (χ1v) is 19.6. The molecular weight excluding hydrogens is 808 g/mol. The van der Waals surface area contributed by atoms with Crippen LogP contribution in [0.5, 0.6) is 0 Å². The van der Waals surface area contributed by atoms with Gasteiger partial charge in [0, 0.05) is 23.4 Å². The maximum atomic E-state index is 12.5. The van der Waals surface area contributed by atoms with Crippen molar-refractivity contribution in [1.82, 2.24) is 10.2 Å². The van der Waals surface area contributed by atoms with E-state index < -0.39 is 150 Å². The highest BCUT2D eigenvalue weighted by molar-refractivity contribution is 8.01. The second kappa shape index (κ2) is 18.9. The van der Waals surface area contributed by atoms with Crippen LogP contribution in [0.15, 0.2) is 30.3 Å². The molecule has 6 rings (SSSR count). The molecule has 1 aliphatic carbocycles. The molecule has 0 bridgehead atoms. The molecule has 332 valence electrons. The quantitative estimate of drug-likeness (QED) is 0.0726. The highest BCUT2D eigenvalue weighted by Gasteiger charge is 2.64. The first-order chi connectivity index (χ1) is 27.7. The van der Waals surface area contributed by atoms with Gasteiger partial charge in [-0.2, -0.15) is 0 Å². The van der Waals surface area contributed by atoms with E-state index in [-0.39, 0.29) is 13.0 Å². The summed E-state index contributed by atoms with van der Waals surface area (Å²) < 4.78 is 21.5. The van der Waals surface area contributed by atoms with Crippen molar-refractivity contribution in [3.05, 3.63) is 35.9 Å². The lowest BCUT2D eigenvalue weighted by atomic mass is 9.84. The molecular formula is C35H54N6O17S. The maximum Gasteiger partial charge on any atom is 0.327 e. The molecule has 23 nitrogen and oxygen atoms in total. The van der Waals surface area contributed by atoms with Crippen molar-refractivity contribution in [1.29, 1.82) is 0 Å². The van der Waals surface area contributed by atoms with Crippen LogP contribution in [0.2, 0.25) is 0 Å². The van der Waals surface area contributed by atoms with E-state index in [0.717, 1.165) is 0 Å². The second-order valence-electron chi connectivity index (χ2n) is 15.6. The summed E-state index contributed by atoms with van der Waals surface area (Å²) in [7, 11) is 0. The molecule has 0 spiro atoms. The number of hydrogen-bond donors (Lipinski definition) is 14. The van der Waals surface area contributed by atoms with Crippen LogP contribution in [0.3, 0.4) is 0 Å². The summed E-state index contributed by atoms with van der Waals surface area (Å²) in [6, 6.07) is 3.24. The molecule has 24 heteroatoms. The number of carboxylic acids is 2. The number of rotatable bonds is 11. The molecule has 4 heterocycles. The fourth-order valence-corrected chi connectivity index (χ4v) is 9.46. The fraction of sp³-hybridized carbons (Fsp3) is 0.714. The summed E-state index contributed by atoms with van der Waals surface area (Å²) in [4.78, 5) is 49.2. The average Bonchev–Trinajstić information content (AvgIpc) is 3.45.